The average molecular weight is 186 g/mol. The molecule has 2 atom stereocenters. The van der Waals surface area contributed by atoms with Gasteiger partial charge >= 0.3 is 0 Å². The first kappa shape index (κ1) is 11.0. The molecule has 0 bridgehead atoms. The zero-order valence-corrected chi connectivity index (χ0v) is 8.79. The molecule has 1 aliphatic rings. The summed E-state index contributed by atoms with van der Waals surface area (Å²) in [5, 5.41) is 12.9. The molecule has 0 heterocycles. The standard InChI is InChI=1S/C10H22N2O/c1-12(2)7-6-11-8-9-4-3-5-10(9)13/h9-11,13H,3-8H2,1-2H3. The summed E-state index contributed by atoms with van der Waals surface area (Å²) >= 11 is 0. The lowest BCUT2D eigenvalue weighted by Gasteiger charge is -2.16. The van der Waals surface area contributed by atoms with Gasteiger partial charge < -0.3 is 15.3 Å². The predicted octanol–water partition coefficient (Wildman–Crippen LogP) is 0.299. The number of likely N-dealkylation sites (N-methyl/N-ethyl adjacent to an activating group) is 1. The minimum absolute atomic E-state index is 0.0492. The summed E-state index contributed by atoms with van der Waals surface area (Å²) in [7, 11) is 4.15. The molecule has 1 saturated carbocycles. The average Bonchev–Trinajstić information content (AvgIpc) is 2.45. The molecule has 3 heteroatoms. The second-order valence-corrected chi connectivity index (χ2v) is 4.27. The van der Waals surface area contributed by atoms with Crippen LogP contribution in [0.25, 0.3) is 0 Å². The molecule has 1 fully saturated rings. The van der Waals surface area contributed by atoms with Crippen molar-refractivity contribution >= 4 is 0 Å². The molecular weight excluding hydrogens is 164 g/mol. The maximum Gasteiger partial charge on any atom is 0.0580 e. The van der Waals surface area contributed by atoms with Gasteiger partial charge in [-0.1, -0.05) is 6.42 Å². The van der Waals surface area contributed by atoms with Crippen molar-refractivity contribution < 1.29 is 5.11 Å². The fraction of sp³-hybridized carbons (Fsp3) is 1.00. The quantitative estimate of drug-likeness (QED) is 0.606. The lowest BCUT2D eigenvalue weighted by molar-refractivity contribution is 0.131. The first-order chi connectivity index (χ1) is 6.20. The maximum absolute atomic E-state index is 9.55. The number of rotatable bonds is 5. The molecule has 2 N–H and O–H groups in total. The molecule has 0 aromatic rings. The van der Waals surface area contributed by atoms with Crippen molar-refractivity contribution in [2.75, 3.05) is 33.7 Å². The Morgan fingerprint density at radius 2 is 2.15 bits per heavy atom. The van der Waals surface area contributed by atoms with E-state index in [-0.39, 0.29) is 6.10 Å². The van der Waals surface area contributed by atoms with Crippen LogP contribution in [0.2, 0.25) is 0 Å². The van der Waals surface area contributed by atoms with Gasteiger partial charge in [0.1, 0.15) is 0 Å². The Morgan fingerprint density at radius 1 is 1.38 bits per heavy atom. The Morgan fingerprint density at radius 3 is 2.69 bits per heavy atom. The SMILES string of the molecule is CN(C)CCNCC1CCCC1O. The van der Waals surface area contributed by atoms with E-state index in [9.17, 15) is 5.11 Å². The van der Waals surface area contributed by atoms with Gasteiger partial charge in [0.05, 0.1) is 6.10 Å². The number of hydrogen-bond acceptors (Lipinski definition) is 3. The molecule has 0 spiro atoms. The van der Waals surface area contributed by atoms with Crippen LogP contribution in [0.1, 0.15) is 19.3 Å². The molecule has 0 aliphatic heterocycles. The number of hydrogen-bond donors (Lipinski definition) is 2. The Balaban J connectivity index is 1.99. The van der Waals surface area contributed by atoms with Crippen LogP contribution in [0.4, 0.5) is 0 Å². The summed E-state index contributed by atoms with van der Waals surface area (Å²) in [6.45, 7) is 3.08. The monoisotopic (exact) mass is 186 g/mol. The van der Waals surface area contributed by atoms with E-state index in [1.54, 1.807) is 0 Å². The summed E-state index contributed by atoms with van der Waals surface area (Å²) in [5.74, 6) is 0.502. The Labute approximate surface area is 81.1 Å². The van der Waals surface area contributed by atoms with Gasteiger partial charge in [-0.3, -0.25) is 0 Å². The molecule has 0 radical (unpaired) electrons. The lowest BCUT2D eigenvalue weighted by Crippen LogP contribution is -2.32. The normalized spacial score (nSPS) is 28.6. The van der Waals surface area contributed by atoms with E-state index in [4.69, 9.17) is 0 Å². The fourth-order valence-electron chi connectivity index (χ4n) is 1.85. The van der Waals surface area contributed by atoms with Crippen molar-refractivity contribution in [3.8, 4) is 0 Å². The van der Waals surface area contributed by atoms with Crippen molar-refractivity contribution in [1.29, 1.82) is 0 Å². The van der Waals surface area contributed by atoms with E-state index in [1.165, 1.54) is 12.8 Å². The summed E-state index contributed by atoms with van der Waals surface area (Å²) < 4.78 is 0. The highest BCUT2D eigenvalue weighted by atomic mass is 16.3. The fourth-order valence-corrected chi connectivity index (χ4v) is 1.85. The topological polar surface area (TPSA) is 35.5 Å². The van der Waals surface area contributed by atoms with E-state index in [1.807, 2.05) is 0 Å². The van der Waals surface area contributed by atoms with Gasteiger partial charge in [-0.25, -0.2) is 0 Å². The Bertz CT molecular complexity index is 139. The third-order valence-electron chi connectivity index (χ3n) is 2.76. The summed E-state index contributed by atoms with van der Waals surface area (Å²) in [5.41, 5.74) is 0. The van der Waals surface area contributed by atoms with Crippen molar-refractivity contribution in [2.45, 2.75) is 25.4 Å². The van der Waals surface area contributed by atoms with Crippen molar-refractivity contribution in [1.82, 2.24) is 10.2 Å². The van der Waals surface area contributed by atoms with Gasteiger partial charge in [0.25, 0.3) is 0 Å². The lowest BCUT2D eigenvalue weighted by atomic mass is 10.1. The van der Waals surface area contributed by atoms with Crippen LogP contribution >= 0.6 is 0 Å². The molecule has 78 valence electrons. The molecular formula is C10H22N2O. The van der Waals surface area contributed by atoms with E-state index >= 15 is 0 Å². The summed E-state index contributed by atoms with van der Waals surface area (Å²) in [6, 6.07) is 0. The number of nitrogens with zero attached hydrogens (tertiary/aromatic N) is 1. The molecule has 0 amide bonds. The molecule has 1 rings (SSSR count). The van der Waals surface area contributed by atoms with Gasteiger partial charge in [-0.15, -0.1) is 0 Å². The molecule has 0 aromatic carbocycles. The number of nitrogens with one attached hydrogen (secondary N) is 1. The van der Waals surface area contributed by atoms with Crippen LogP contribution in [-0.2, 0) is 0 Å². The first-order valence-corrected chi connectivity index (χ1v) is 5.23. The van der Waals surface area contributed by atoms with Crippen LogP contribution < -0.4 is 5.32 Å². The number of aliphatic hydroxyl groups excluding tert-OH is 1. The third kappa shape index (κ3) is 4.07. The molecule has 1 aliphatic carbocycles. The molecule has 0 aromatic heterocycles. The largest absolute Gasteiger partial charge is 0.393 e. The predicted molar refractivity (Wildman–Crippen MR) is 54.8 cm³/mol. The van der Waals surface area contributed by atoms with E-state index < -0.39 is 0 Å². The molecule has 3 nitrogen and oxygen atoms in total. The van der Waals surface area contributed by atoms with Crippen LogP contribution in [0.5, 0.6) is 0 Å². The summed E-state index contributed by atoms with van der Waals surface area (Å²) in [6.07, 6.45) is 3.34. The maximum atomic E-state index is 9.55. The highest BCUT2D eigenvalue weighted by molar-refractivity contribution is 4.78. The van der Waals surface area contributed by atoms with Gasteiger partial charge in [0.2, 0.25) is 0 Å². The minimum Gasteiger partial charge on any atom is -0.393 e. The highest BCUT2D eigenvalue weighted by Crippen LogP contribution is 2.24. The van der Waals surface area contributed by atoms with Crippen molar-refractivity contribution in [3.63, 3.8) is 0 Å². The second-order valence-electron chi connectivity index (χ2n) is 4.27. The van der Waals surface area contributed by atoms with E-state index in [0.717, 1.165) is 26.1 Å². The summed E-state index contributed by atoms with van der Waals surface area (Å²) in [4.78, 5) is 2.16. The first-order valence-electron chi connectivity index (χ1n) is 5.23. The van der Waals surface area contributed by atoms with Crippen LogP contribution in [0.3, 0.4) is 0 Å². The Kier molecular flexibility index (Phi) is 4.70. The third-order valence-corrected chi connectivity index (χ3v) is 2.76. The van der Waals surface area contributed by atoms with Gasteiger partial charge in [0, 0.05) is 19.6 Å². The van der Waals surface area contributed by atoms with Crippen LogP contribution in [0, 0.1) is 5.92 Å². The smallest absolute Gasteiger partial charge is 0.0580 e. The van der Waals surface area contributed by atoms with E-state index in [2.05, 4.69) is 24.3 Å². The number of aliphatic hydroxyl groups is 1. The second kappa shape index (κ2) is 5.58. The van der Waals surface area contributed by atoms with E-state index in [0.29, 0.717) is 5.92 Å². The minimum atomic E-state index is -0.0492. The highest BCUT2D eigenvalue weighted by Gasteiger charge is 2.24. The van der Waals surface area contributed by atoms with Crippen LogP contribution in [0.15, 0.2) is 0 Å². The zero-order chi connectivity index (χ0) is 9.68. The van der Waals surface area contributed by atoms with Crippen molar-refractivity contribution in [3.05, 3.63) is 0 Å². The van der Waals surface area contributed by atoms with Gasteiger partial charge in [0.15, 0.2) is 0 Å². The van der Waals surface area contributed by atoms with Gasteiger partial charge in [-0.2, -0.15) is 0 Å². The van der Waals surface area contributed by atoms with Crippen molar-refractivity contribution in [2.24, 2.45) is 5.92 Å². The molecule has 13 heavy (non-hydrogen) atoms. The van der Waals surface area contributed by atoms with Gasteiger partial charge in [-0.05, 0) is 32.9 Å². The molecule has 2 unspecified atom stereocenters. The zero-order valence-electron chi connectivity index (χ0n) is 8.79. The molecule has 0 saturated heterocycles. The van der Waals surface area contributed by atoms with Crippen LogP contribution in [-0.4, -0.2) is 49.8 Å². The Hall–Kier alpha value is -0.120.